The fraction of sp³-hybridized carbons (Fsp3) is 0.167. The Balaban J connectivity index is 1.16. The van der Waals surface area contributed by atoms with Crippen molar-refractivity contribution in [1.82, 2.24) is 0 Å². The van der Waals surface area contributed by atoms with Crippen LogP contribution in [0.4, 0.5) is 28.4 Å². The van der Waals surface area contributed by atoms with Crippen molar-refractivity contribution in [2.45, 2.75) is 63.7 Å². The summed E-state index contributed by atoms with van der Waals surface area (Å²) in [6, 6.07) is 62.4. The molecular formula is C60H49BN2O2. The van der Waals surface area contributed by atoms with E-state index >= 15 is 0 Å². The molecule has 2 aliphatic heterocycles. The average molecular weight is 841 g/mol. The van der Waals surface area contributed by atoms with Crippen LogP contribution >= 0.6 is 0 Å². The third kappa shape index (κ3) is 5.33. The van der Waals surface area contributed by atoms with Crippen molar-refractivity contribution in [1.29, 1.82) is 0 Å². The van der Waals surface area contributed by atoms with Crippen LogP contribution in [-0.4, -0.2) is 7.28 Å². The lowest BCUT2D eigenvalue weighted by atomic mass is 9.59. The van der Waals surface area contributed by atoms with Crippen molar-refractivity contribution < 1.29 is 8.83 Å². The smallest absolute Gasteiger partial charge is 0.245 e. The van der Waals surface area contributed by atoms with E-state index in [2.05, 4.69) is 215 Å². The van der Waals surface area contributed by atoms with Crippen molar-refractivity contribution in [2.75, 3.05) is 10.2 Å². The molecule has 1 N–H and O–H groups in total. The van der Waals surface area contributed by atoms with E-state index in [0.29, 0.717) is 7.28 Å². The van der Waals surface area contributed by atoms with Gasteiger partial charge in [-0.2, -0.15) is 0 Å². The van der Waals surface area contributed by atoms with E-state index < -0.39 is 5.41 Å². The van der Waals surface area contributed by atoms with E-state index in [1.807, 2.05) is 0 Å². The maximum atomic E-state index is 7.14. The normalized spacial score (nSPS) is 16.2. The van der Waals surface area contributed by atoms with E-state index in [1.165, 1.54) is 44.4 Å². The van der Waals surface area contributed by atoms with Gasteiger partial charge >= 0.3 is 0 Å². The highest BCUT2D eigenvalue weighted by molar-refractivity contribution is 6.73. The molecule has 65 heavy (non-hydrogen) atoms. The summed E-state index contributed by atoms with van der Waals surface area (Å²) >= 11 is 0. The Kier molecular flexibility index (Phi) is 8.02. The van der Waals surface area contributed by atoms with Crippen LogP contribution in [0.3, 0.4) is 0 Å². The van der Waals surface area contributed by atoms with E-state index in [0.717, 1.165) is 91.0 Å². The Labute approximate surface area is 380 Å². The van der Waals surface area contributed by atoms with E-state index in [9.17, 15) is 0 Å². The molecule has 5 heteroatoms. The molecule has 13 rings (SSSR count). The SMILES string of the molecule is Cc1cc2c(cc1N1c3c(oc4ccccc34)Bc3c(-c4cccc5c4Nc4ccccc4C5(c4ccccc4)c4ccccc4)cc4c(oc5ccccc54)c31)C(C)(C)CCC2(C)C. The number of rotatable bonds is 4. The Morgan fingerprint density at radius 1 is 0.523 bits per heavy atom. The number of hydrogen-bond donors (Lipinski definition) is 1. The number of fused-ring (bicyclic) bond motifs is 11. The van der Waals surface area contributed by atoms with Gasteiger partial charge in [-0.25, -0.2) is 0 Å². The molecule has 0 atom stereocenters. The van der Waals surface area contributed by atoms with Gasteiger partial charge in [0, 0.05) is 33.1 Å². The van der Waals surface area contributed by atoms with Crippen LogP contribution in [0.1, 0.15) is 79.5 Å². The molecule has 1 aliphatic carbocycles. The van der Waals surface area contributed by atoms with Gasteiger partial charge in [0.25, 0.3) is 0 Å². The summed E-state index contributed by atoms with van der Waals surface area (Å²) in [4.78, 5) is 2.53. The monoisotopic (exact) mass is 840 g/mol. The van der Waals surface area contributed by atoms with E-state index in [-0.39, 0.29) is 10.8 Å². The lowest BCUT2D eigenvalue weighted by Gasteiger charge is -2.44. The minimum Gasteiger partial charge on any atom is -0.469 e. The van der Waals surface area contributed by atoms with Crippen molar-refractivity contribution in [3.05, 3.63) is 209 Å². The van der Waals surface area contributed by atoms with Crippen LogP contribution in [0.2, 0.25) is 0 Å². The first-order valence-electron chi connectivity index (χ1n) is 23.2. The van der Waals surface area contributed by atoms with Gasteiger partial charge in [-0.3, -0.25) is 0 Å². The second-order valence-corrected chi connectivity index (χ2v) is 19.9. The quantitative estimate of drug-likeness (QED) is 0.179. The molecule has 0 fully saturated rings. The fourth-order valence-corrected chi connectivity index (χ4v) is 12.0. The van der Waals surface area contributed by atoms with Gasteiger partial charge < -0.3 is 19.1 Å². The number of furan rings is 2. The summed E-state index contributed by atoms with van der Waals surface area (Å²) < 4.78 is 14.2. The molecule has 4 heterocycles. The molecule has 3 aliphatic rings. The number of nitrogens with one attached hydrogen (secondary N) is 1. The number of hydrogen-bond acceptors (Lipinski definition) is 4. The third-order valence-corrected chi connectivity index (χ3v) is 15.3. The van der Waals surface area contributed by atoms with Crippen LogP contribution in [0, 0.1) is 6.92 Å². The lowest BCUT2D eigenvalue weighted by molar-refractivity contribution is 0.332. The predicted molar refractivity (Wildman–Crippen MR) is 272 cm³/mol. The number of aryl methyl sites for hydroxylation is 1. The Bertz CT molecular complexity index is 3540. The van der Waals surface area contributed by atoms with E-state index in [1.54, 1.807) is 0 Å². The fourth-order valence-electron chi connectivity index (χ4n) is 12.0. The molecule has 8 aromatic carbocycles. The molecule has 0 amide bonds. The van der Waals surface area contributed by atoms with Crippen molar-refractivity contribution in [3.8, 4) is 11.1 Å². The summed E-state index contributed by atoms with van der Waals surface area (Å²) in [6.07, 6.45) is 2.29. The largest absolute Gasteiger partial charge is 0.469 e. The van der Waals surface area contributed by atoms with Crippen molar-refractivity contribution >= 4 is 79.7 Å². The standard InChI is InChI=1S/C60H49BN2O2/c1-36-33-46-47(59(4,5)32-31-58(46,2)3)35-49(36)63-54-41-24-13-17-30-51(41)65-57(54)61-52-42(34-43-39-23-12-16-29-50(39)64-56(43)55(52)63)40-25-18-27-45-53(40)62-48-28-15-14-26-44(48)60(45,37-19-8-6-9-20-37)38-21-10-7-11-22-38/h6-30,33-35,61-62H,31-32H2,1-5H3. The van der Waals surface area contributed by atoms with Gasteiger partial charge in [-0.1, -0.05) is 161 Å². The minimum atomic E-state index is -0.596. The molecule has 4 nitrogen and oxygen atoms in total. The maximum absolute atomic E-state index is 7.14. The number of nitrogens with zero attached hydrogens (tertiary/aromatic N) is 1. The number of anilines is 5. The molecule has 0 saturated heterocycles. The average Bonchev–Trinajstić information content (AvgIpc) is 3.90. The third-order valence-electron chi connectivity index (χ3n) is 15.3. The van der Waals surface area contributed by atoms with Crippen molar-refractivity contribution in [2.24, 2.45) is 0 Å². The van der Waals surface area contributed by atoms with E-state index in [4.69, 9.17) is 8.83 Å². The van der Waals surface area contributed by atoms with Gasteiger partial charge in [-0.15, -0.1) is 0 Å². The summed E-state index contributed by atoms with van der Waals surface area (Å²) in [7, 11) is 0.601. The van der Waals surface area contributed by atoms with Crippen LogP contribution in [0.15, 0.2) is 179 Å². The summed E-state index contributed by atoms with van der Waals surface area (Å²) in [6.45, 7) is 12.0. The van der Waals surface area contributed by atoms with Crippen LogP contribution in [-0.2, 0) is 16.2 Å². The second-order valence-electron chi connectivity index (χ2n) is 19.9. The highest BCUT2D eigenvalue weighted by atomic mass is 16.3. The molecule has 2 aromatic heterocycles. The topological polar surface area (TPSA) is 41.6 Å². The van der Waals surface area contributed by atoms with Crippen LogP contribution in [0.25, 0.3) is 44.0 Å². The molecule has 0 spiro atoms. The first kappa shape index (κ1) is 38.2. The van der Waals surface area contributed by atoms with Gasteiger partial charge in [0.05, 0.1) is 28.1 Å². The Hall–Kier alpha value is -7.24. The number of para-hydroxylation sites is 4. The lowest BCUT2D eigenvalue weighted by Crippen LogP contribution is -2.41. The summed E-state index contributed by atoms with van der Waals surface area (Å²) in [5.74, 6) is 0. The molecular weight excluding hydrogens is 791 g/mol. The summed E-state index contributed by atoms with van der Waals surface area (Å²) in [5, 5.41) is 7.37. The predicted octanol–water partition coefficient (Wildman–Crippen LogP) is 14.3. The first-order valence-corrected chi connectivity index (χ1v) is 23.2. The molecule has 0 unspecified atom stereocenters. The van der Waals surface area contributed by atoms with Gasteiger partial charge in [0.15, 0.2) is 5.58 Å². The zero-order valence-corrected chi connectivity index (χ0v) is 37.6. The molecule has 0 bridgehead atoms. The van der Waals surface area contributed by atoms with Gasteiger partial charge in [0.2, 0.25) is 7.28 Å². The van der Waals surface area contributed by atoms with Crippen LogP contribution < -0.4 is 21.3 Å². The summed E-state index contributed by atoms with van der Waals surface area (Å²) in [5.41, 5.74) is 21.1. The Morgan fingerprint density at radius 3 is 1.85 bits per heavy atom. The highest BCUT2D eigenvalue weighted by Gasteiger charge is 2.46. The van der Waals surface area contributed by atoms with Crippen molar-refractivity contribution in [3.63, 3.8) is 0 Å². The maximum Gasteiger partial charge on any atom is 0.245 e. The molecule has 10 aromatic rings. The second kappa shape index (κ2) is 13.6. The molecule has 0 radical (unpaired) electrons. The highest BCUT2D eigenvalue weighted by Crippen LogP contribution is 2.57. The van der Waals surface area contributed by atoms with Gasteiger partial charge in [0.1, 0.15) is 11.2 Å². The Morgan fingerprint density at radius 2 is 1.12 bits per heavy atom. The zero-order valence-electron chi connectivity index (χ0n) is 37.6. The van der Waals surface area contributed by atoms with Gasteiger partial charge in [-0.05, 0) is 117 Å². The van der Waals surface area contributed by atoms with Crippen LogP contribution in [0.5, 0.6) is 0 Å². The zero-order chi connectivity index (χ0) is 43.8. The molecule has 0 saturated carbocycles. The number of benzene rings is 8. The molecule has 314 valence electrons. The minimum absolute atomic E-state index is 0.0127. The first-order chi connectivity index (χ1) is 31.6.